The molecule has 0 aliphatic heterocycles. The Hall–Kier alpha value is -3.51. The highest BCUT2D eigenvalue weighted by Gasteiger charge is 2.15. The van der Waals surface area contributed by atoms with Gasteiger partial charge in [-0.25, -0.2) is 0 Å². The van der Waals surface area contributed by atoms with Crippen LogP contribution in [0.25, 0.3) is 0 Å². The second kappa shape index (κ2) is 13.2. The molecule has 1 atom stereocenters. The van der Waals surface area contributed by atoms with Crippen molar-refractivity contribution in [2.75, 3.05) is 0 Å². The lowest BCUT2D eigenvalue weighted by molar-refractivity contribution is -0.159. The minimum absolute atomic E-state index is 0.00494. The number of ether oxygens (including phenoxy) is 2. The SMILES string of the molecule is CC(S)CC(OCc1ccc(C(=O)c2ccccc2)cc1)OCc1ccc(C(=O)c2ccccc2)cc1. The maximum atomic E-state index is 12.6. The number of hydrogen-bond donors (Lipinski definition) is 1. The first kappa shape index (κ1) is 26.6. The Morgan fingerprint density at radius 2 is 0.946 bits per heavy atom. The third-order valence-corrected chi connectivity index (χ3v) is 6.12. The summed E-state index contributed by atoms with van der Waals surface area (Å²) in [6, 6.07) is 33.4. The van der Waals surface area contributed by atoms with E-state index in [1.807, 2.05) is 116 Å². The van der Waals surface area contributed by atoms with E-state index in [4.69, 9.17) is 9.47 Å². The molecule has 1 unspecified atom stereocenters. The summed E-state index contributed by atoms with van der Waals surface area (Å²) in [5.74, 6) is -0.00988. The Morgan fingerprint density at radius 1 is 0.595 bits per heavy atom. The van der Waals surface area contributed by atoms with Crippen molar-refractivity contribution in [1.82, 2.24) is 0 Å². The number of thiol groups is 1. The summed E-state index contributed by atoms with van der Waals surface area (Å²) in [5.41, 5.74) is 4.52. The molecule has 0 fully saturated rings. The van der Waals surface area contributed by atoms with E-state index in [0.717, 1.165) is 11.1 Å². The zero-order valence-electron chi connectivity index (χ0n) is 20.7. The molecule has 188 valence electrons. The average molecular weight is 511 g/mol. The van der Waals surface area contributed by atoms with Gasteiger partial charge in [0.05, 0.1) is 13.2 Å². The molecule has 0 heterocycles. The summed E-state index contributed by atoms with van der Waals surface area (Å²) in [4.78, 5) is 25.2. The quantitative estimate of drug-likeness (QED) is 0.128. The van der Waals surface area contributed by atoms with E-state index in [1.54, 1.807) is 0 Å². The van der Waals surface area contributed by atoms with Crippen LogP contribution in [0.1, 0.15) is 56.3 Å². The molecule has 0 saturated carbocycles. The number of benzene rings is 4. The Morgan fingerprint density at radius 3 is 1.30 bits per heavy atom. The van der Waals surface area contributed by atoms with Crippen molar-refractivity contribution < 1.29 is 19.1 Å². The van der Waals surface area contributed by atoms with Crippen molar-refractivity contribution in [2.45, 2.75) is 38.1 Å². The molecular weight excluding hydrogens is 480 g/mol. The number of ketones is 2. The maximum absolute atomic E-state index is 12.6. The summed E-state index contributed by atoms with van der Waals surface area (Å²) in [6.07, 6.45) is 0.182. The molecule has 0 spiro atoms. The van der Waals surface area contributed by atoms with Gasteiger partial charge < -0.3 is 9.47 Å². The predicted octanol–water partition coefficient (Wildman–Crippen LogP) is 6.92. The molecule has 0 N–H and O–H groups in total. The molecule has 0 saturated heterocycles. The molecule has 0 aliphatic carbocycles. The van der Waals surface area contributed by atoms with Gasteiger partial charge >= 0.3 is 0 Å². The Balaban J connectivity index is 1.32. The Bertz CT molecular complexity index is 1190. The number of carbonyl (C=O) groups excluding carboxylic acids is 2. The van der Waals surface area contributed by atoms with Crippen molar-refractivity contribution in [1.29, 1.82) is 0 Å². The van der Waals surface area contributed by atoms with Crippen LogP contribution in [0, 0.1) is 0 Å². The first-order valence-corrected chi connectivity index (χ1v) is 12.8. The highest BCUT2D eigenvalue weighted by molar-refractivity contribution is 7.80. The van der Waals surface area contributed by atoms with Gasteiger partial charge in [-0.3, -0.25) is 9.59 Å². The van der Waals surface area contributed by atoms with Gasteiger partial charge in [0, 0.05) is 33.9 Å². The molecule has 37 heavy (non-hydrogen) atoms. The van der Waals surface area contributed by atoms with E-state index in [-0.39, 0.29) is 16.8 Å². The zero-order chi connectivity index (χ0) is 26.0. The summed E-state index contributed by atoms with van der Waals surface area (Å²) in [6.45, 7) is 2.71. The topological polar surface area (TPSA) is 52.6 Å². The third-order valence-electron chi connectivity index (χ3n) is 5.91. The first-order chi connectivity index (χ1) is 18.0. The number of carbonyl (C=O) groups is 2. The molecule has 4 aromatic carbocycles. The van der Waals surface area contributed by atoms with Gasteiger partial charge in [-0.05, 0) is 11.1 Å². The van der Waals surface area contributed by atoms with E-state index in [0.29, 0.717) is 41.9 Å². The van der Waals surface area contributed by atoms with Gasteiger partial charge in [0.25, 0.3) is 0 Å². The van der Waals surface area contributed by atoms with Gasteiger partial charge in [-0.15, -0.1) is 0 Å². The fraction of sp³-hybridized carbons (Fsp3) is 0.188. The molecule has 0 aliphatic rings. The molecule has 0 aromatic heterocycles. The van der Waals surface area contributed by atoms with E-state index in [9.17, 15) is 9.59 Å². The summed E-state index contributed by atoms with van der Waals surface area (Å²) in [5, 5.41) is 0.0988. The average Bonchev–Trinajstić information content (AvgIpc) is 2.95. The maximum Gasteiger partial charge on any atom is 0.193 e. The second-order valence-electron chi connectivity index (χ2n) is 8.92. The van der Waals surface area contributed by atoms with Gasteiger partial charge in [-0.1, -0.05) is 116 Å². The van der Waals surface area contributed by atoms with E-state index >= 15 is 0 Å². The minimum atomic E-state index is -0.441. The number of rotatable bonds is 12. The van der Waals surface area contributed by atoms with Crippen LogP contribution in [0.15, 0.2) is 109 Å². The van der Waals surface area contributed by atoms with E-state index in [1.165, 1.54) is 0 Å². The highest BCUT2D eigenvalue weighted by atomic mass is 32.1. The van der Waals surface area contributed by atoms with E-state index in [2.05, 4.69) is 12.6 Å². The van der Waals surface area contributed by atoms with Crippen LogP contribution >= 0.6 is 12.6 Å². The van der Waals surface area contributed by atoms with Gasteiger partial charge in [-0.2, -0.15) is 12.6 Å². The monoisotopic (exact) mass is 510 g/mol. The van der Waals surface area contributed by atoms with Gasteiger partial charge in [0.15, 0.2) is 17.9 Å². The lowest BCUT2D eigenvalue weighted by Crippen LogP contribution is -2.20. The van der Waals surface area contributed by atoms with E-state index < -0.39 is 6.29 Å². The molecule has 0 amide bonds. The molecular formula is C32H30O4S. The number of hydrogen-bond acceptors (Lipinski definition) is 5. The predicted molar refractivity (Wildman–Crippen MR) is 149 cm³/mol. The Labute approximate surface area is 223 Å². The first-order valence-electron chi connectivity index (χ1n) is 12.3. The van der Waals surface area contributed by atoms with Crippen molar-refractivity contribution in [3.05, 3.63) is 143 Å². The third kappa shape index (κ3) is 7.73. The van der Waals surface area contributed by atoms with Crippen LogP contribution in [0.3, 0.4) is 0 Å². The zero-order valence-corrected chi connectivity index (χ0v) is 21.6. The van der Waals surface area contributed by atoms with Crippen molar-refractivity contribution in [3.8, 4) is 0 Å². The fourth-order valence-corrected chi connectivity index (χ4v) is 4.03. The molecule has 4 rings (SSSR count). The summed E-state index contributed by atoms with van der Waals surface area (Å²) >= 11 is 4.50. The van der Waals surface area contributed by atoms with Crippen molar-refractivity contribution in [3.63, 3.8) is 0 Å². The van der Waals surface area contributed by atoms with Gasteiger partial charge in [0.2, 0.25) is 0 Å². The lowest BCUT2D eigenvalue weighted by Gasteiger charge is -2.20. The van der Waals surface area contributed by atoms with Crippen LogP contribution in [0.4, 0.5) is 0 Å². The lowest BCUT2D eigenvalue weighted by atomic mass is 10.0. The van der Waals surface area contributed by atoms with Crippen LogP contribution in [0.2, 0.25) is 0 Å². The second-order valence-corrected chi connectivity index (χ2v) is 9.80. The molecule has 4 aromatic rings. The van der Waals surface area contributed by atoms with Crippen LogP contribution < -0.4 is 0 Å². The smallest absolute Gasteiger partial charge is 0.193 e. The van der Waals surface area contributed by atoms with Crippen LogP contribution in [-0.4, -0.2) is 23.1 Å². The summed E-state index contributed by atoms with van der Waals surface area (Å²) in [7, 11) is 0. The normalized spacial score (nSPS) is 11.9. The molecule has 5 heteroatoms. The van der Waals surface area contributed by atoms with Crippen molar-refractivity contribution >= 4 is 24.2 Å². The Kier molecular flexibility index (Phi) is 9.44. The highest BCUT2D eigenvalue weighted by Crippen LogP contribution is 2.17. The minimum Gasteiger partial charge on any atom is -0.348 e. The van der Waals surface area contributed by atoms with Crippen molar-refractivity contribution in [2.24, 2.45) is 0 Å². The van der Waals surface area contributed by atoms with Gasteiger partial charge in [0.1, 0.15) is 0 Å². The van der Waals surface area contributed by atoms with Crippen LogP contribution in [0.5, 0.6) is 0 Å². The largest absolute Gasteiger partial charge is 0.348 e. The molecule has 0 bridgehead atoms. The standard InChI is InChI=1S/C32H30O4S/c1-23(37)20-30(35-21-24-12-16-28(17-13-24)31(33)26-8-4-2-5-9-26)36-22-25-14-18-29(19-15-25)32(34)27-10-6-3-7-11-27/h2-19,23,30,37H,20-22H2,1H3. The fourth-order valence-electron chi connectivity index (χ4n) is 3.86. The molecule has 4 nitrogen and oxygen atoms in total. The molecule has 0 radical (unpaired) electrons. The summed E-state index contributed by atoms with van der Waals surface area (Å²) < 4.78 is 12.1. The van der Waals surface area contributed by atoms with Crippen LogP contribution in [-0.2, 0) is 22.7 Å².